The van der Waals surface area contributed by atoms with E-state index in [0.717, 1.165) is 16.0 Å². The third-order valence-corrected chi connectivity index (χ3v) is 4.51. The number of imide groups is 1. The van der Waals surface area contributed by atoms with E-state index in [-0.39, 0.29) is 5.91 Å². The first kappa shape index (κ1) is 19.4. The molecule has 2 aromatic carbocycles. The SMILES string of the molecule is CC(C)(C)OC(=O)N(C(=O)C1Cc2ccccc2CN1)c1ccc(Cl)cc1. The van der Waals surface area contributed by atoms with Gasteiger partial charge in [-0.25, -0.2) is 9.69 Å². The van der Waals surface area contributed by atoms with Gasteiger partial charge in [0.05, 0.1) is 11.7 Å². The van der Waals surface area contributed by atoms with Gasteiger partial charge in [0, 0.05) is 11.6 Å². The molecule has 0 aromatic heterocycles. The molecule has 1 unspecified atom stereocenters. The maximum absolute atomic E-state index is 13.3. The molecule has 0 radical (unpaired) electrons. The van der Waals surface area contributed by atoms with E-state index in [1.165, 1.54) is 0 Å². The van der Waals surface area contributed by atoms with Gasteiger partial charge in [0.15, 0.2) is 0 Å². The molecule has 0 saturated carbocycles. The van der Waals surface area contributed by atoms with Crippen LogP contribution in [0.2, 0.25) is 5.02 Å². The highest BCUT2D eigenvalue weighted by atomic mass is 35.5. The van der Waals surface area contributed by atoms with Gasteiger partial charge < -0.3 is 10.1 Å². The van der Waals surface area contributed by atoms with Gasteiger partial charge in [0.2, 0.25) is 0 Å². The number of amides is 2. The maximum atomic E-state index is 13.3. The van der Waals surface area contributed by atoms with Crippen molar-refractivity contribution in [2.24, 2.45) is 0 Å². The van der Waals surface area contributed by atoms with Crippen LogP contribution in [0.15, 0.2) is 48.5 Å². The van der Waals surface area contributed by atoms with Crippen molar-refractivity contribution in [3.05, 3.63) is 64.7 Å². The summed E-state index contributed by atoms with van der Waals surface area (Å²) in [5.41, 5.74) is 1.99. The number of anilines is 1. The fraction of sp³-hybridized carbons (Fsp3) is 0.333. The molecule has 1 N–H and O–H groups in total. The molecule has 0 saturated heterocycles. The molecule has 1 aliphatic rings. The summed E-state index contributed by atoms with van der Waals surface area (Å²) >= 11 is 5.95. The summed E-state index contributed by atoms with van der Waals surface area (Å²) in [6, 6.07) is 14.0. The second kappa shape index (κ2) is 7.71. The third-order valence-electron chi connectivity index (χ3n) is 4.26. The monoisotopic (exact) mass is 386 g/mol. The fourth-order valence-corrected chi connectivity index (χ4v) is 3.13. The van der Waals surface area contributed by atoms with E-state index in [4.69, 9.17) is 16.3 Å². The highest BCUT2D eigenvalue weighted by Crippen LogP contribution is 2.24. The topological polar surface area (TPSA) is 58.6 Å². The lowest BCUT2D eigenvalue weighted by Gasteiger charge is -2.31. The molecule has 0 bridgehead atoms. The largest absolute Gasteiger partial charge is 0.443 e. The minimum atomic E-state index is -0.714. The van der Waals surface area contributed by atoms with E-state index in [0.29, 0.717) is 23.7 Å². The van der Waals surface area contributed by atoms with E-state index in [9.17, 15) is 9.59 Å². The lowest BCUT2D eigenvalue weighted by molar-refractivity contribution is -0.120. The Kier molecular flexibility index (Phi) is 5.53. The van der Waals surface area contributed by atoms with Gasteiger partial charge >= 0.3 is 6.09 Å². The number of halogens is 1. The number of carbonyl (C=O) groups is 2. The van der Waals surface area contributed by atoms with E-state index in [1.54, 1.807) is 45.0 Å². The molecule has 1 aliphatic heterocycles. The number of fused-ring (bicyclic) bond motifs is 1. The number of hydrogen-bond donors (Lipinski definition) is 1. The summed E-state index contributed by atoms with van der Waals surface area (Å²) in [4.78, 5) is 27.1. The van der Waals surface area contributed by atoms with Crippen LogP contribution >= 0.6 is 11.6 Å². The van der Waals surface area contributed by atoms with Crippen molar-refractivity contribution >= 4 is 29.3 Å². The molecule has 5 nitrogen and oxygen atoms in total. The van der Waals surface area contributed by atoms with Gasteiger partial charge in [0.25, 0.3) is 5.91 Å². The van der Waals surface area contributed by atoms with Crippen LogP contribution in [0.3, 0.4) is 0 Å². The molecular weight excluding hydrogens is 364 g/mol. The number of nitrogens with one attached hydrogen (secondary N) is 1. The Morgan fingerprint density at radius 1 is 1.07 bits per heavy atom. The minimum absolute atomic E-state index is 0.346. The second-order valence-electron chi connectivity index (χ2n) is 7.54. The quantitative estimate of drug-likeness (QED) is 0.834. The molecule has 2 amide bonds. The molecule has 3 rings (SSSR count). The van der Waals surface area contributed by atoms with Crippen molar-refractivity contribution in [1.29, 1.82) is 0 Å². The summed E-state index contributed by atoms with van der Waals surface area (Å²) in [5.74, 6) is -0.346. The molecule has 6 heteroatoms. The summed E-state index contributed by atoms with van der Waals surface area (Å²) in [7, 11) is 0. The van der Waals surface area contributed by atoms with Crippen molar-refractivity contribution < 1.29 is 14.3 Å². The van der Waals surface area contributed by atoms with Gasteiger partial charge in [-0.2, -0.15) is 0 Å². The lowest BCUT2D eigenvalue weighted by Crippen LogP contribution is -2.52. The molecule has 0 fully saturated rings. The van der Waals surface area contributed by atoms with Gasteiger partial charge in [-0.1, -0.05) is 35.9 Å². The molecule has 1 heterocycles. The summed E-state index contributed by atoms with van der Waals surface area (Å²) in [5, 5.41) is 3.76. The Hall–Kier alpha value is -2.37. The Morgan fingerprint density at radius 3 is 2.33 bits per heavy atom. The average Bonchev–Trinajstić information content (AvgIpc) is 2.61. The molecule has 0 spiro atoms. The first-order valence-electron chi connectivity index (χ1n) is 8.87. The normalized spacial score (nSPS) is 16.4. The maximum Gasteiger partial charge on any atom is 0.421 e. The Bertz CT molecular complexity index is 843. The standard InChI is InChI=1S/C21H23ClN2O3/c1-21(2,3)27-20(26)24(17-10-8-16(22)9-11-17)19(25)18-12-14-6-4-5-7-15(14)13-23-18/h4-11,18,23H,12-13H2,1-3H3. The summed E-state index contributed by atoms with van der Waals surface area (Å²) in [6.07, 6.45) is -0.183. The number of carbonyl (C=O) groups excluding carboxylic acids is 2. The van der Waals surface area contributed by atoms with Crippen LogP contribution in [0.1, 0.15) is 31.9 Å². The zero-order valence-electron chi connectivity index (χ0n) is 15.7. The zero-order chi connectivity index (χ0) is 19.6. The highest BCUT2D eigenvalue weighted by Gasteiger charge is 2.35. The van der Waals surface area contributed by atoms with E-state index < -0.39 is 17.7 Å². The molecule has 0 aliphatic carbocycles. The van der Waals surface area contributed by atoms with Crippen molar-refractivity contribution in [2.45, 2.75) is 45.4 Å². The van der Waals surface area contributed by atoms with Crippen molar-refractivity contribution in [3.8, 4) is 0 Å². The van der Waals surface area contributed by atoms with Crippen molar-refractivity contribution in [1.82, 2.24) is 5.32 Å². The van der Waals surface area contributed by atoms with E-state index >= 15 is 0 Å². The molecule has 1 atom stereocenters. The van der Waals surface area contributed by atoms with E-state index in [2.05, 4.69) is 5.32 Å². The van der Waals surface area contributed by atoms with Crippen molar-refractivity contribution in [3.63, 3.8) is 0 Å². The summed E-state index contributed by atoms with van der Waals surface area (Å²) in [6.45, 7) is 5.88. The molecule has 27 heavy (non-hydrogen) atoms. The minimum Gasteiger partial charge on any atom is -0.443 e. The van der Waals surface area contributed by atoms with Crippen LogP contribution in [-0.2, 0) is 22.5 Å². The molecule has 142 valence electrons. The first-order valence-corrected chi connectivity index (χ1v) is 9.25. The van der Waals surface area contributed by atoms with Crippen molar-refractivity contribution in [2.75, 3.05) is 4.90 Å². The lowest BCUT2D eigenvalue weighted by atomic mass is 9.95. The Labute approximate surface area is 164 Å². The number of hydrogen-bond acceptors (Lipinski definition) is 4. The van der Waals surface area contributed by atoms with E-state index in [1.807, 2.05) is 24.3 Å². The Balaban J connectivity index is 1.89. The van der Waals surface area contributed by atoms with Gasteiger partial charge in [-0.05, 0) is 62.6 Å². The first-order chi connectivity index (χ1) is 12.7. The number of rotatable bonds is 2. The van der Waals surface area contributed by atoms with Gasteiger partial charge in [-0.3, -0.25) is 4.79 Å². The van der Waals surface area contributed by atoms with Crippen LogP contribution in [0.4, 0.5) is 10.5 Å². The summed E-state index contributed by atoms with van der Waals surface area (Å²) < 4.78 is 5.47. The molecular formula is C21H23ClN2O3. The molecule has 2 aromatic rings. The predicted molar refractivity (Wildman–Crippen MR) is 106 cm³/mol. The fourth-order valence-electron chi connectivity index (χ4n) is 3.01. The van der Waals surface area contributed by atoms with Gasteiger partial charge in [0.1, 0.15) is 5.60 Å². The number of benzene rings is 2. The van der Waals surface area contributed by atoms with Gasteiger partial charge in [-0.15, -0.1) is 0 Å². The van der Waals surface area contributed by atoms with Crippen LogP contribution < -0.4 is 10.2 Å². The number of nitrogens with zero attached hydrogens (tertiary/aromatic N) is 1. The Morgan fingerprint density at radius 2 is 1.70 bits per heavy atom. The third kappa shape index (κ3) is 4.67. The predicted octanol–water partition coefficient (Wildman–Crippen LogP) is 4.32. The smallest absolute Gasteiger partial charge is 0.421 e. The van der Waals surface area contributed by atoms with Crippen LogP contribution in [0.5, 0.6) is 0 Å². The average molecular weight is 387 g/mol. The van der Waals surface area contributed by atoms with Crippen LogP contribution in [-0.4, -0.2) is 23.6 Å². The zero-order valence-corrected chi connectivity index (χ0v) is 16.4. The number of ether oxygens (including phenoxy) is 1. The van der Waals surface area contributed by atoms with Crippen LogP contribution in [0, 0.1) is 0 Å². The highest BCUT2D eigenvalue weighted by molar-refractivity contribution is 6.30. The van der Waals surface area contributed by atoms with Crippen LogP contribution in [0.25, 0.3) is 0 Å². The second-order valence-corrected chi connectivity index (χ2v) is 7.97.